The highest BCUT2D eigenvalue weighted by atomic mass is 35.5. The molecule has 0 saturated heterocycles. The SMILES string of the molecule is CC(C)(CN)NC(=O)Cc1ccccc1[N+](=O)[O-].Cl. The minimum atomic E-state index is -0.513. The van der Waals surface area contributed by atoms with Crippen LogP contribution in [0.25, 0.3) is 0 Å². The van der Waals surface area contributed by atoms with Crippen LogP contribution in [0.1, 0.15) is 19.4 Å². The highest BCUT2D eigenvalue weighted by molar-refractivity contribution is 5.85. The summed E-state index contributed by atoms with van der Waals surface area (Å²) in [5.41, 5.74) is 5.34. The number of carbonyl (C=O) groups excluding carboxylic acids is 1. The van der Waals surface area contributed by atoms with E-state index in [-0.39, 0.29) is 30.4 Å². The normalized spacial score (nSPS) is 10.5. The second-order valence-electron chi connectivity index (χ2n) is 4.70. The molecule has 0 unspecified atom stereocenters. The van der Waals surface area contributed by atoms with Crippen molar-refractivity contribution in [3.63, 3.8) is 0 Å². The first-order valence-corrected chi connectivity index (χ1v) is 5.59. The van der Waals surface area contributed by atoms with E-state index < -0.39 is 10.5 Å². The average Bonchev–Trinajstić information content (AvgIpc) is 2.28. The Morgan fingerprint density at radius 1 is 1.42 bits per heavy atom. The fourth-order valence-electron chi connectivity index (χ4n) is 1.48. The van der Waals surface area contributed by atoms with Crippen molar-refractivity contribution >= 4 is 24.0 Å². The maximum atomic E-state index is 11.8. The van der Waals surface area contributed by atoms with Gasteiger partial charge in [-0.3, -0.25) is 14.9 Å². The lowest BCUT2D eigenvalue weighted by Gasteiger charge is -2.24. The number of benzene rings is 1. The number of hydrogen-bond acceptors (Lipinski definition) is 4. The van der Waals surface area contributed by atoms with E-state index in [1.165, 1.54) is 6.07 Å². The highest BCUT2D eigenvalue weighted by Gasteiger charge is 2.21. The predicted molar refractivity (Wildman–Crippen MR) is 75.3 cm³/mol. The van der Waals surface area contributed by atoms with Crippen LogP contribution < -0.4 is 11.1 Å². The standard InChI is InChI=1S/C12H17N3O3.ClH/c1-12(2,8-13)14-11(16)7-9-5-3-4-6-10(9)15(17)18;/h3-6H,7-8,13H2,1-2H3,(H,14,16);1H. The molecule has 0 heterocycles. The van der Waals surface area contributed by atoms with E-state index in [0.29, 0.717) is 12.1 Å². The number of halogens is 1. The van der Waals surface area contributed by atoms with Gasteiger partial charge in [0.25, 0.3) is 5.69 Å². The first kappa shape index (κ1) is 17.3. The number of hydrogen-bond donors (Lipinski definition) is 2. The number of nitrogens with one attached hydrogen (secondary N) is 1. The molecule has 0 aliphatic carbocycles. The fraction of sp³-hybridized carbons (Fsp3) is 0.417. The molecule has 0 aliphatic heterocycles. The van der Waals surface area contributed by atoms with Gasteiger partial charge in [-0.05, 0) is 13.8 Å². The van der Waals surface area contributed by atoms with Gasteiger partial charge in [-0.1, -0.05) is 18.2 Å². The molecule has 1 amide bonds. The third-order valence-corrected chi connectivity index (χ3v) is 2.53. The molecule has 1 rings (SSSR count). The van der Waals surface area contributed by atoms with Crippen molar-refractivity contribution in [3.8, 4) is 0 Å². The molecule has 0 radical (unpaired) electrons. The summed E-state index contributed by atoms with van der Waals surface area (Å²) in [6.45, 7) is 3.89. The van der Waals surface area contributed by atoms with Gasteiger partial charge in [0.2, 0.25) is 5.91 Å². The zero-order valence-electron chi connectivity index (χ0n) is 10.9. The molecular formula is C12H18ClN3O3. The van der Waals surface area contributed by atoms with Crippen LogP contribution in [0.15, 0.2) is 24.3 Å². The summed E-state index contributed by atoms with van der Waals surface area (Å²) in [6.07, 6.45) is -0.0272. The third kappa shape index (κ3) is 5.23. The van der Waals surface area contributed by atoms with Crippen LogP contribution in [0.5, 0.6) is 0 Å². The molecule has 0 saturated carbocycles. The number of nitro groups is 1. The first-order chi connectivity index (χ1) is 8.35. The van der Waals surface area contributed by atoms with Gasteiger partial charge < -0.3 is 11.1 Å². The van der Waals surface area contributed by atoms with E-state index in [9.17, 15) is 14.9 Å². The highest BCUT2D eigenvalue weighted by Crippen LogP contribution is 2.18. The van der Waals surface area contributed by atoms with Gasteiger partial charge in [0.05, 0.1) is 11.3 Å². The molecule has 6 nitrogen and oxygen atoms in total. The van der Waals surface area contributed by atoms with Crippen LogP contribution in [-0.2, 0) is 11.2 Å². The lowest BCUT2D eigenvalue weighted by Crippen LogP contribution is -2.49. The molecule has 0 aliphatic rings. The molecule has 19 heavy (non-hydrogen) atoms. The number of carbonyl (C=O) groups is 1. The van der Waals surface area contributed by atoms with Gasteiger partial charge in [0.1, 0.15) is 0 Å². The van der Waals surface area contributed by atoms with Crippen molar-refractivity contribution in [2.75, 3.05) is 6.54 Å². The van der Waals surface area contributed by atoms with Crippen LogP contribution in [0.4, 0.5) is 5.69 Å². The zero-order valence-corrected chi connectivity index (χ0v) is 11.7. The number of para-hydroxylation sites is 1. The average molecular weight is 288 g/mol. The first-order valence-electron chi connectivity index (χ1n) is 5.59. The second kappa shape index (κ2) is 7.06. The summed E-state index contributed by atoms with van der Waals surface area (Å²) in [6, 6.07) is 6.21. The molecule has 1 aromatic rings. The summed E-state index contributed by atoms with van der Waals surface area (Å²) in [7, 11) is 0. The monoisotopic (exact) mass is 287 g/mol. The van der Waals surface area contributed by atoms with E-state index in [4.69, 9.17) is 5.73 Å². The van der Waals surface area contributed by atoms with Crippen molar-refractivity contribution in [1.29, 1.82) is 0 Å². The van der Waals surface area contributed by atoms with Crippen molar-refractivity contribution in [2.45, 2.75) is 25.8 Å². The lowest BCUT2D eigenvalue weighted by atomic mass is 10.0. The Morgan fingerprint density at radius 3 is 2.53 bits per heavy atom. The second-order valence-corrected chi connectivity index (χ2v) is 4.70. The van der Waals surface area contributed by atoms with Gasteiger partial charge in [0.15, 0.2) is 0 Å². The van der Waals surface area contributed by atoms with Gasteiger partial charge in [-0.25, -0.2) is 0 Å². The topological polar surface area (TPSA) is 98.3 Å². The van der Waals surface area contributed by atoms with Crippen LogP contribution in [-0.4, -0.2) is 22.9 Å². The van der Waals surface area contributed by atoms with Gasteiger partial charge >= 0.3 is 0 Å². The molecule has 106 valence electrons. The van der Waals surface area contributed by atoms with Crippen molar-refractivity contribution < 1.29 is 9.72 Å². The van der Waals surface area contributed by atoms with Crippen LogP contribution in [0.2, 0.25) is 0 Å². The molecule has 1 aromatic carbocycles. The van der Waals surface area contributed by atoms with Gasteiger partial charge in [-0.2, -0.15) is 0 Å². The molecule has 0 spiro atoms. The van der Waals surface area contributed by atoms with Crippen molar-refractivity contribution in [2.24, 2.45) is 5.73 Å². The van der Waals surface area contributed by atoms with Gasteiger partial charge in [-0.15, -0.1) is 12.4 Å². The molecular weight excluding hydrogens is 270 g/mol. The van der Waals surface area contributed by atoms with E-state index in [2.05, 4.69) is 5.32 Å². The molecule has 7 heteroatoms. The summed E-state index contributed by atoms with van der Waals surface area (Å²) in [5, 5.41) is 13.5. The summed E-state index contributed by atoms with van der Waals surface area (Å²) in [5.74, 6) is -0.278. The van der Waals surface area contributed by atoms with Crippen LogP contribution in [0.3, 0.4) is 0 Å². The Kier molecular flexibility index (Phi) is 6.44. The molecule has 0 aromatic heterocycles. The fourth-order valence-corrected chi connectivity index (χ4v) is 1.48. The van der Waals surface area contributed by atoms with E-state index in [1.807, 2.05) is 0 Å². The van der Waals surface area contributed by atoms with E-state index in [0.717, 1.165) is 0 Å². The number of rotatable bonds is 5. The Hall–Kier alpha value is -1.66. The lowest BCUT2D eigenvalue weighted by molar-refractivity contribution is -0.385. The predicted octanol–water partition coefficient (Wildman–Crippen LogP) is 1.41. The Labute approximate surface area is 117 Å². The number of amides is 1. The van der Waals surface area contributed by atoms with Gasteiger partial charge in [0, 0.05) is 23.7 Å². The number of nitrogens with two attached hydrogens (primary N) is 1. The van der Waals surface area contributed by atoms with Crippen molar-refractivity contribution in [3.05, 3.63) is 39.9 Å². The largest absolute Gasteiger partial charge is 0.350 e. The van der Waals surface area contributed by atoms with E-state index >= 15 is 0 Å². The third-order valence-electron chi connectivity index (χ3n) is 2.53. The summed E-state index contributed by atoms with van der Waals surface area (Å²) < 4.78 is 0. The van der Waals surface area contributed by atoms with Crippen LogP contribution >= 0.6 is 12.4 Å². The smallest absolute Gasteiger partial charge is 0.273 e. The maximum absolute atomic E-state index is 11.8. The van der Waals surface area contributed by atoms with E-state index in [1.54, 1.807) is 32.0 Å². The Morgan fingerprint density at radius 2 is 2.00 bits per heavy atom. The minimum Gasteiger partial charge on any atom is -0.350 e. The molecule has 0 atom stereocenters. The quantitative estimate of drug-likeness (QED) is 0.632. The maximum Gasteiger partial charge on any atom is 0.273 e. The number of nitrogens with zero attached hydrogens (tertiary/aromatic N) is 1. The minimum absolute atomic E-state index is 0. The Balaban J connectivity index is 0.00000324. The number of nitro benzene ring substituents is 1. The summed E-state index contributed by atoms with van der Waals surface area (Å²) in [4.78, 5) is 22.1. The van der Waals surface area contributed by atoms with Crippen LogP contribution in [0, 0.1) is 10.1 Å². The Bertz CT molecular complexity index is 463. The molecule has 3 N–H and O–H groups in total. The summed E-state index contributed by atoms with van der Waals surface area (Å²) >= 11 is 0. The molecule has 0 fully saturated rings. The molecule has 0 bridgehead atoms. The zero-order chi connectivity index (χ0) is 13.8. The van der Waals surface area contributed by atoms with Crippen molar-refractivity contribution in [1.82, 2.24) is 5.32 Å².